The van der Waals surface area contributed by atoms with Gasteiger partial charge < -0.3 is 14.9 Å². The molecule has 3 nitrogen and oxygen atoms in total. The lowest BCUT2D eigenvalue weighted by Gasteiger charge is -2.25. The molecule has 1 aliphatic heterocycles. The Kier molecular flexibility index (Phi) is 5.89. The summed E-state index contributed by atoms with van der Waals surface area (Å²) in [6.07, 6.45) is 6.02. The molecule has 0 fully saturated rings. The van der Waals surface area contributed by atoms with Crippen LogP contribution >= 0.6 is 11.6 Å². The van der Waals surface area contributed by atoms with E-state index in [0.29, 0.717) is 17.5 Å². The van der Waals surface area contributed by atoms with E-state index in [-0.39, 0.29) is 0 Å². The highest BCUT2D eigenvalue weighted by Gasteiger charge is 2.20. The van der Waals surface area contributed by atoms with Crippen LogP contribution in [-0.2, 0) is 16.9 Å². The van der Waals surface area contributed by atoms with Crippen molar-refractivity contribution in [1.82, 2.24) is 10.3 Å². The summed E-state index contributed by atoms with van der Waals surface area (Å²) < 4.78 is 12.6. The van der Waals surface area contributed by atoms with E-state index in [1.54, 1.807) is 0 Å². The number of aromatic amines is 1. The van der Waals surface area contributed by atoms with Gasteiger partial charge in [0.25, 0.3) is 0 Å². The molecule has 2 N–H and O–H groups in total. The fraction of sp³-hybridized carbons (Fsp3) is 0.273. The number of fused-ring (bicyclic) bond motifs is 1. The zero-order chi connectivity index (χ0) is 18.6. The van der Waals surface area contributed by atoms with Crippen LogP contribution in [0.2, 0.25) is 5.02 Å². The van der Waals surface area contributed by atoms with Crippen LogP contribution in [0, 0.1) is 0 Å². The average Bonchev–Trinajstić information content (AvgIpc) is 3.10. The molecular formula is C22H23ClN2OS. The SMILES string of the molecule is [O-][S+](CCC1CC(c2ccccc2Cl)=CCN1)Cc1c[nH]c2ccccc12. The molecule has 1 aliphatic rings. The molecule has 0 bridgehead atoms. The minimum Gasteiger partial charge on any atom is -0.616 e. The molecule has 0 spiro atoms. The van der Waals surface area contributed by atoms with Gasteiger partial charge in [-0.15, -0.1) is 0 Å². The highest BCUT2D eigenvalue weighted by atomic mass is 35.5. The molecule has 0 saturated carbocycles. The summed E-state index contributed by atoms with van der Waals surface area (Å²) in [5.74, 6) is 1.30. The van der Waals surface area contributed by atoms with Crippen LogP contribution < -0.4 is 5.32 Å². The van der Waals surface area contributed by atoms with Crippen molar-refractivity contribution >= 4 is 39.3 Å². The molecule has 1 aromatic heterocycles. The molecule has 2 heterocycles. The van der Waals surface area contributed by atoms with E-state index in [9.17, 15) is 4.55 Å². The number of para-hydroxylation sites is 1. The first kappa shape index (κ1) is 18.6. The van der Waals surface area contributed by atoms with Gasteiger partial charge in [-0.25, -0.2) is 0 Å². The van der Waals surface area contributed by atoms with Crippen LogP contribution in [0.1, 0.15) is 24.0 Å². The van der Waals surface area contributed by atoms with Gasteiger partial charge >= 0.3 is 0 Å². The van der Waals surface area contributed by atoms with Gasteiger partial charge in [0, 0.05) is 46.7 Å². The van der Waals surface area contributed by atoms with E-state index in [1.165, 1.54) is 11.0 Å². The summed E-state index contributed by atoms with van der Waals surface area (Å²) in [5, 5.41) is 5.49. The van der Waals surface area contributed by atoms with Gasteiger partial charge in [0.2, 0.25) is 0 Å². The van der Waals surface area contributed by atoms with Crippen molar-refractivity contribution in [2.45, 2.75) is 24.6 Å². The zero-order valence-electron chi connectivity index (χ0n) is 15.1. The molecule has 0 amide bonds. The standard InChI is InChI=1S/C22H23ClN2OS/c23-21-7-3-1-5-19(21)16-9-11-24-18(13-16)10-12-27(26)15-17-14-25-22-8-4-2-6-20(17)22/h1-9,14,18,24-25H,10-13,15H2. The number of halogens is 1. The Morgan fingerprint density at radius 3 is 2.81 bits per heavy atom. The lowest BCUT2D eigenvalue weighted by atomic mass is 9.94. The molecule has 2 aromatic carbocycles. The molecule has 4 rings (SSSR count). The molecule has 0 aliphatic carbocycles. The van der Waals surface area contributed by atoms with Crippen LogP contribution in [0.4, 0.5) is 0 Å². The minimum absolute atomic E-state index is 0.341. The van der Waals surface area contributed by atoms with E-state index in [2.05, 4.69) is 34.6 Å². The van der Waals surface area contributed by atoms with Crippen molar-refractivity contribution < 1.29 is 4.55 Å². The van der Waals surface area contributed by atoms with Gasteiger partial charge in [-0.2, -0.15) is 0 Å². The first-order valence-electron chi connectivity index (χ1n) is 9.28. The second kappa shape index (κ2) is 8.53. The van der Waals surface area contributed by atoms with Gasteiger partial charge in [0.05, 0.1) is 0 Å². The minimum atomic E-state index is -0.873. The Hall–Kier alpha value is -1.72. The number of nitrogens with one attached hydrogen (secondary N) is 2. The van der Waals surface area contributed by atoms with Gasteiger partial charge in [-0.3, -0.25) is 0 Å². The second-order valence-electron chi connectivity index (χ2n) is 6.95. The highest BCUT2D eigenvalue weighted by molar-refractivity contribution is 7.90. The predicted octanol–water partition coefficient (Wildman–Crippen LogP) is 4.91. The quantitative estimate of drug-likeness (QED) is 0.580. The smallest absolute Gasteiger partial charge is 0.132 e. The maximum absolute atomic E-state index is 12.6. The van der Waals surface area contributed by atoms with Crippen molar-refractivity contribution in [3.05, 3.63) is 77.0 Å². The lowest BCUT2D eigenvalue weighted by Crippen LogP contribution is -2.34. The van der Waals surface area contributed by atoms with E-state index in [0.717, 1.165) is 41.1 Å². The molecule has 5 heteroatoms. The summed E-state index contributed by atoms with van der Waals surface area (Å²) in [6, 6.07) is 16.5. The third-order valence-corrected chi connectivity index (χ3v) is 6.78. The number of benzene rings is 2. The Labute approximate surface area is 168 Å². The fourth-order valence-electron chi connectivity index (χ4n) is 3.69. The lowest BCUT2D eigenvalue weighted by molar-refractivity contribution is 0.515. The molecule has 27 heavy (non-hydrogen) atoms. The Morgan fingerprint density at radius 1 is 1.11 bits per heavy atom. The molecule has 0 radical (unpaired) electrons. The molecule has 140 valence electrons. The van der Waals surface area contributed by atoms with Crippen molar-refractivity contribution in [3.63, 3.8) is 0 Å². The third kappa shape index (κ3) is 4.41. The van der Waals surface area contributed by atoms with Crippen LogP contribution in [0.25, 0.3) is 16.5 Å². The number of H-pyrrole nitrogens is 1. The first-order valence-corrected chi connectivity index (χ1v) is 11.1. The first-order chi connectivity index (χ1) is 13.2. The Bertz CT molecular complexity index is 952. The van der Waals surface area contributed by atoms with Crippen molar-refractivity contribution in [2.75, 3.05) is 12.3 Å². The Balaban J connectivity index is 1.33. The molecular weight excluding hydrogens is 376 g/mol. The predicted molar refractivity (Wildman–Crippen MR) is 115 cm³/mol. The summed E-state index contributed by atoms with van der Waals surface area (Å²) in [4.78, 5) is 3.26. The van der Waals surface area contributed by atoms with E-state index >= 15 is 0 Å². The van der Waals surface area contributed by atoms with Crippen LogP contribution in [0.15, 0.2) is 60.8 Å². The average molecular weight is 399 g/mol. The van der Waals surface area contributed by atoms with E-state index < -0.39 is 11.2 Å². The van der Waals surface area contributed by atoms with Crippen LogP contribution in [-0.4, -0.2) is 27.9 Å². The molecule has 2 unspecified atom stereocenters. The summed E-state index contributed by atoms with van der Waals surface area (Å²) in [5.41, 5.74) is 4.64. The van der Waals surface area contributed by atoms with Gasteiger partial charge in [0.1, 0.15) is 11.5 Å². The van der Waals surface area contributed by atoms with Crippen LogP contribution in [0.5, 0.6) is 0 Å². The summed E-state index contributed by atoms with van der Waals surface area (Å²) in [6.45, 7) is 0.834. The monoisotopic (exact) mass is 398 g/mol. The topological polar surface area (TPSA) is 50.9 Å². The largest absolute Gasteiger partial charge is 0.616 e. The number of rotatable bonds is 6. The maximum atomic E-state index is 12.6. The van der Waals surface area contributed by atoms with Crippen molar-refractivity contribution in [1.29, 1.82) is 0 Å². The zero-order valence-corrected chi connectivity index (χ0v) is 16.7. The van der Waals surface area contributed by atoms with Crippen molar-refractivity contribution in [3.8, 4) is 0 Å². The van der Waals surface area contributed by atoms with E-state index in [4.69, 9.17) is 11.6 Å². The van der Waals surface area contributed by atoms with Gasteiger partial charge in [-0.1, -0.05) is 54.1 Å². The molecule has 2 atom stereocenters. The number of hydrogen-bond acceptors (Lipinski definition) is 2. The molecule has 3 aromatic rings. The van der Waals surface area contributed by atoms with Crippen molar-refractivity contribution in [2.24, 2.45) is 0 Å². The molecule has 0 saturated heterocycles. The van der Waals surface area contributed by atoms with Crippen LogP contribution in [0.3, 0.4) is 0 Å². The maximum Gasteiger partial charge on any atom is 0.132 e. The number of aromatic nitrogens is 1. The van der Waals surface area contributed by atoms with Gasteiger partial charge in [0.15, 0.2) is 0 Å². The summed E-state index contributed by atoms with van der Waals surface area (Å²) >= 11 is 5.47. The van der Waals surface area contributed by atoms with E-state index in [1.807, 2.05) is 36.5 Å². The normalized spacial score (nSPS) is 18.4. The third-order valence-electron chi connectivity index (χ3n) is 5.13. The number of hydrogen-bond donors (Lipinski definition) is 2. The fourth-order valence-corrected chi connectivity index (χ4v) is 5.22. The highest BCUT2D eigenvalue weighted by Crippen LogP contribution is 2.29. The van der Waals surface area contributed by atoms with Gasteiger partial charge in [-0.05, 0) is 40.9 Å². The Morgan fingerprint density at radius 2 is 1.93 bits per heavy atom. The second-order valence-corrected chi connectivity index (χ2v) is 8.94. The summed E-state index contributed by atoms with van der Waals surface area (Å²) in [7, 11) is 0.